The summed E-state index contributed by atoms with van der Waals surface area (Å²) in [4.78, 5) is 21.6. The van der Waals surface area contributed by atoms with E-state index < -0.39 is 6.17 Å². The molecule has 0 aliphatic carbocycles. The average Bonchev–Trinajstić information content (AvgIpc) is 3.17. The quantitative estimate of drug-likeness (QED) is 0.586. The minimum absolute atomic E-state index is 0.0147. The molecule has 1 fully saturated rings. The van der Waals surface area contributed by atoms with Crippen molar-refractivity contribution in [3.8, 4) is 11.4 Å². The Hall–Kier alpha value is -3.00. The van der Waals surface area contributed by atoms with Gasteiger partial charge < -0.3 is 16.0 Å². The van der Waals surface area contributed by atoms with E-state index in [1.807, 2.05) is 28.8 Å². The van der Waals surface area contributed by atoms with E-state index in [4.69, 9.17) is 0 Å². The predicted molar refractivity (Wildman–Crippen MR) is 120 cm³/mol. The van der Waals surface area contributed by atoms with Crippen molar-refractivity contribution in [2.75, 3.05) is 25.0 Å². The zero-order valence-electron chi connectivity index (χ0n) is 18.2. The second-order valence-electron chi connectivity index (χ2n) is 9.20. The van der Waals surface area contributed by atoms with Gasteiger partial charge in [0.15, 0.2) is 0 Å². The Kier molecular flexibility index (Phi) is 5.91. The molecule has 7 nitrogen and oxygen atoms in total. The van der Waals surface area contributed by atoms with Crippen LogP contribution in [0, 0.1) is 5.41 Å². The van der Waals surface area contributed by atoms with Crippen molar-refractivity contribution < 1.29 is 9.18 Å². The van der Waals surface area contributed by atoms with Crippen LogP contribution in [0.25, 0.3) is 17.0 Å². The number of amides is 1. The van der Waals surface area contributed by atoms with Crippen molar-refractivity contribution in [3.05, 3.63) is 48.3 Å². The topological polar surface area (TPSA) is 83.4 Å². The smallest absolute Gasteiger partial charge is 0.251 e. The van der Waals surface area contributed by atoms with Gasteiger partial charge in [-0.15, -0.1) is 0 Å². The fraction of sp³-hybridized carbons (Fsp3) is 0.435. The first kappa shape index (κ1) is 21.2. The Morgan fingerprint density at radius 1 is 1.32 bits per heavy atom. The SMILES string of the molecule is CC(C)(C)CNC(=O)c1ccn2c(-c3cccc(NC4CNCCC4F)n3)cnc2c1. The van der Waals surface area contributed by atoms with Crippen LogP contribution in [0.4, 0.5) is 10.2 Å². The third kappa shape index (κ3) is 5.02. The number of rotatable bonds is 5. The Morgan fingerprint density at radius 3 is 2.94 bits per heavy atom. The summed E-state index contributed by atoms with van der Waals surface area (Å²) in [6.07, 6.45) is 3.16. The molecule has 2 atom stereocenters. The van der Waals surface area contributed by atoms with Crippen LogP contribution in [0.2, 0.25) is 0 Å². The van der Waals surface area contributed by atoms with E-state index in [1.165, 1.54) is 0 Å². The Labute approximate surface area is 181 Å². The van der Waals surface area contributed by atoms with Crippen molar-refractivity contribution in [2.24, 2.45) is 5.41 Å². The lowest BCUT2D eigenvalue weighted by Gasteiger charge is -2.28. The first-order chi connectivity index (χ1) is 14.8. The second kappa shape index (κ2) is 8.63. The highest BCUT2D eigenvalue weighted by molar-refractivity contribution is 5.95. The lowest BCUT2D eigenvalue weighted by atomic mass is 9.97. The highest BCUT2D eigenvalue weighted by Crippen LogP contribution is 2.22. The van der Waals surface area contributed by atoms with Crippen molar-refractivity contribution in [2.45, 2.75) is 39.4 Å². The van der Waals surface area contributed by atoms with Crippen LogP contribution in [-0.4, -0.2) is 52.1 Å². The molecule has 1 aliphatic rings. The molecule has 0 bridgehead atoms. The lowest BCUT2D eigenvalue weighted by Crippen LogP contribution is -2.46. The molecule has 1 aliphatic heterocycles. The molecular weight excluding hydrogens is 395 g/mol. The summed E-state index contributed by atoms with van der Waals surface area (Å²) in [6, 6.07) is 8.87. The van der Waals surface area contributed by atoms with Crippen LogP contribution in [0.15, 0.2) is 42.7 Å². The van der Waals surface area contributed by atoms with Crippen LogP contribution in [0.1, 0.15) is 37.6 Å². The molecule has 2 unspecified atom stereocenters. The zero-order chi connectivity index (χ0) is 22.0. The number of hydrogen-bond donors (Lipinski definition) is 3. The molecule has 3 aromatic heterocycles. The lowest BCUT2D eigenvalue weighted by molar-refractivity contribution is 0.0939. The molecule has 164 valence electrons. The van der Waals surface area contributed by atoms with Crippen LogP contribution < -0.4 is 16.0 Å². The number of carbonyl (C=O) groups excluding carboxylic acids is 1. The number of hydrogen-bond acceptors (Lipinski definition) is 5. The Balaban J connectivity index is 1.54. The number of piperidine rings is 1. The molecule has 0 spiro atoms. The van der Waals surface area contributed by atoms with E-state index in [1.54, 1.807) is 18.3 Å². The van der Waals surface area contributed by atoms with Gasteiger partial charge in [0.25, 0.3) is 5.91 Å². The number of fused-ring (bicyclic) bond motifs is 1. The maximum atomic E-state index is 14.2. The van der Waals surface area contributed by atoms with Crippen molar-refractivity contribution in [1.82, 2.24) is 25.0 Å². The van der Waals surface area contributed by atoms with Crippen LogP contribution in [0.5, 0.6) is 0 Å². The van der Waals surface area contributed by atoms with Gasteiger partial charge in [0.2, 0.25) is 0 Å². The number of nitrogens with zero attached hydrogens (tertiary/aromatic N) is 3. The van der Waals surface area contributed by atoms with Crippen LogP contribution in [-0.2, 0) is 0 Å². The molecule has 3 aromatic rings. The molecule has 4 heterocycles. The summed E-state index contributed by atoms with van der Waals surface area (Å²) >= 11 is 0. The summed E-state index contributed by atoms with van der Waals surface area (Å²) in [5.74, 6) is 0.509. The number of pyridine rings is 2. The highest BCUT2D eigenvalue weighted by Gasteiger charge is 2.24. The van der Waals surface area contributed by atoms with Gasteiger partial charge in [-0.05, 0) is 42.6 Å². The van der Waals surface area contributed by atoms with E-state index >= 15 is 0 Å². The van der Waals surface area contributed by atoms with Gasteiger partial charge in [-0.2, -0.15) is 0 Å². The number of halogens is 1. The normalized spacial score (nSPS) is 19.4. The Morgan fingerprint density at radius 2 is 2.16 bits per heavy atom. The summed E-state index contributed by atoms with van der Waals surface area (Å²) in [7, 11) is 0. The maximum Gasteiger partial charge on any atom is 0.251 e. The fourth-order valence-electron chi connectivity index (χ4n) is 3.57. The predicted octanol–water partition coefficient (Wildman–Crippen LogP) is 3.28. The molecule has 0 radical (unpaired) electrons. The first-order valence-electron chi connectivity index (χ1n) is 10.6. The van der Waals surface area contributed by atoms with Gasteiger partial charge in [-0.1, -0.05) is 26.8 Å². The molecular formula is C23H29FN6O. The fourth-order valence-corrected chi connectivity index (χ4v) is 3.57. The van der Waals surface area contributed by atoms with Gasteiger partial charge in [0, 0.05) is 24.8 Å². The number of nitrogens with one attached hydrogen (secondary N) is 3. The molecule has 1 saturated heterocycles. The molecule has 1 amide bonds. The monoisotopic (exact) mass is 424 g/mol. The molecule has 0 saturated carbocycles. The summed E-state index contributed by atoms with van der Waals surface area (Å²) in [6.45, 7) is 8.09. The number of anilines is 1. The van der Waals surface area contributed by atoms with Gasteiger partial charge in [-0.3, -0.25) is 9.20 Å². The van der Waals surface area contributed by atoms with Crippen molar-refractivity contribution >= 4 is 17.4 Å². The maximum absolute atomic E-state index is 14.2. The number of imidazole rings is 1. The number of aromatic nitrogens is 3. The van der Waals surface area contributed by atoms with E-state index in [-0.39, 0.29) is 17.4 Å². The van der Waals surface area contributed by atoms with Gasteiger partial charge in [-0.25, -0.2) is 14.4 Å². The molecule has 0 aromatic carbocycles. The van der Waals surface area contributed by atoms with E-state index in [9.17, 15) is 9.18 Å². The summed E-state index contributed by atoms with van der Waals surface area (Å²) in [5.41, 5.74) is 2.77. The van der Waals surface area contributed by atoms with Crippen LogP contribution in [0.3, 0.4) is 0 Å². The van der Waals surface area contributed by atoms with E-state index in [0.717, 1.165) is 11.4 Å². The van der Waals surface area contributed by atoms with E-state index in [2.05, 4.69) is 46.7 Å². The molecule has 4 rings (SSSR count). The highest BCUT2D eigenvalue weighted by atomic mass is 19.1. The molecule has 8 heteroatoms. The third-order valence-electron chi connectivity index (χ3n) is 5.30. The number of alkyl halides is 1. The Bertz CT molecular complexity index is 1070. The standard InChI is InChI=1S/C23H29FN6O/c1-23(2,3)14-27-22(31)15-8-10-30-19(13-26-21(30)11-15)17-5-4-6-20(28-17)29-18-12-25-9-7-16(18)24/h4-6,8,10-11,13,16,18,25H,7,9,12,14H2,1-3H3,(H,27,31)(H,28,29). The van der Waals surface area contributed by atoms with Gasteiger partial charge >= 0.3 is 0 Å². The largest absolute Gasteiger partial charge is 0.363 e. The molecule has 3 N–H and O–H groups in total. The molecule has 31 heavy (non-hydrogen) atoms. The second-order valence-corrected chi connectivity index (χ2v) is 9.20. The van der Waals surface area contributed by atoms with Crippen molar-refractivity contribution in [1.29, 1.82) is 0 Å². The van der Waals surface area contributed by atoms with Crippen molar-refractivity contribution in [3.63, 3.8) is 0 Å². The zero-order valence-corrected chi connectivity index (χ0v) is 18.2. The van der Waals surface area contributed by atoms with Gasteiger partial charge in [0.05, 0.1) is 23.6 Å². The summed E-state index contributed by atoms with van der Waals surface area (Å²) < 4.78 is 16.1. The summed E-state index contributed by atoms with van der Waals surface area (Å²) in [5, 5.41) is 9.37. The van der Waals surface area contributed by atoms with Gasteiger partial charge in [0.1, 0.15) is 17.6 Å². The minimum atomic E-state index is -0.898. The number of carbonyl (C=O) groups is 1. The van der Waals surface area contributed by atoms with Crippen LogP contribution >= 0.6 is 0 Å². The average molecular weight is 425 g/mol. The van der Waals surface area contributed by atoms with E-state index in [0.29, 0.717) is 43.1 Å². The minimum Gasteiger partial charge on any atom is -0.363 e. The first-order valence-corrected chi connectivity index (χ1v) is 10.6. The third-order valence-corrected chi connectivity index (χ3v) is 5.30.